The van der Waals surface area contributed by atoms with Crippen LogP contribution in [0.1, 0.15) is 21.7 Å². The van der Waals surface area contributed by atoms with Gasteiger partial charge in [0.25, 0.3) is 5.91 Å². The van der Waals surface area contributed by atoms with Crippen molar-refractivity contribution < 1.29 is 4.79 Å². The number of benzene rings is 1. The minimum Gasteiger partial charge on any atom is -0.347 e. The molecule has 120 valence electrons. The quantitative estimate of drug-likeness (QED) is 0.772. The molecule has 7 heteroatoms. The maximum atomic E-state index is 12.6. The van der Waals surface area contributed by atoms with Crippen LogP contribution in [0.25, 0.3) is 0 Å². The fourth-order valence-corrected chi connectivity index (χ4v) is 2.72. The van der Waals surface area contributed by atoms with Gasteiger partial charge in [0.1, 0.15) is 0 Å². The maximum absolute atomic E-state index is 12.6. The van der Waals surface area contributed by atoms with Crippen LogP contribution >= 0.6 is 0 Å². The van der Waals surface area contributed by atoms with Gasteiger partial charge in [0.2, 0.25) is 5.95 Å². The van der Waals surface area contributed by atoms with Crippen LogP contribution in [-0.4, -0.2) is 37.3 Å². The van der Waals surface area contributed by atoms with E-state index >= 15 is 0 Å². The standard InChI is InChI=1S/C17H16N6O/c24-16(23-7-6-14-15(10-23)21-11-20-14)12-8-18-17(19-9-12)22-13-4-2-1-3-5-13/h1-5,8-9,11H,6-7,10H2,(H,20,21)(H,18,19,22). The molecule has 2 aromatic heterocycles. The lowest BCUT2D eigenvalue weighted by Crippen LogP contribution is -2.36. The molecule has 3 heterocycles. The summed E-state index contributed by atoms with van der Waals surface area (Å²) < 4.78 is 0. The Morgan fingerprint density at radius 1 is 1.12 bits per heavy atom. The van der Waals surface area contributed by atoms with Crippen LogP contribution in [0.4, 0.5) is 11.6 Å². The first-order valence-electron chi connectivity index (χ1n) is 7.74. The lowest BCUT2D eigenvalue weighted by atomic mass is 10.1. The van der Waals surface area contributed by atoms with Crippen LogP contribution < -0.4 is 5.32 Å². The topological polar surface area (TPSA) is 86.8 Å². The number of carbonyl (C=O) groups excluding carboxylic acids is 1. The molecule has 1 aliphatic rings. The van der Waals surface area contributed by atoms with Crippen molar-refractivity contribution in [2.75, 3.05) is 11.9 Å². The van der Waals surface area contributed by atoms with Crippen molar-refractivity contribution in [2.45, 2.75) is 13.0 Å². The molecular weight excluding hydrogens is 304 g/mol. The zero-order chi connectivity index (χ0) is 16.4. The number of hydrogen-bond acceptors (Lipinski definition) is 5. The summed E-state index contributed by atoms with van der Waals surface area (Å²) in [6, 6.07) is 9.66. The predicted molar refractivity (Wildman–Crippen MR) is 88.8 cm³/mol. The van der Waals surface area contributed by atoms with Gasteiger partial charge in [0, 0.05) is 31.0 Å². The number of para-hydroxylation sites is 1. The molecule has 0 atom stereocenters. The molecule has 0 unspecified atom stereocenters. The molecule has 2 N–H and O–H groups in total. The second-order valence-corrected chi connectivity index (χ2v) is 5.59. The summed E-state index contributed by atoms with van der Waals surface area (Å²) in [5, 5.41) is 3.10. The van der Waals surface area contributed by atoms with Crippen LogP contribution in [0, 0.1) is 0 Å². The minimum absolute atomic E-state index is 0.0680. The number of aromatic nitrogens is 4. The number of H-pyrrole nitrogens is 1. The van der Waals surface area contributed by atoms with E-state index in [-0.39, 0.29) is 5.91 Å². The van der Waals surface area contributed by atoms with Gasteiger partial charge in [-0.3, -0.25) is 4.79 Å². The van der Waals surface area contributed by atoms with E-state index in [0.717, 1.165) is 23.5 Å². The highest BCUT2D eigenvalue weighted by Gasteiger charge is 2.23. The number of carbonyl (C=O) groups is 1. The second kappa shape index (κ2) is 6.11. The molecule has 4 rings (SSSR count). The van der Waals surface area contributed by atoms with E-state index in [4.69, 9.17) is 0 Å². The number of nitrogens with zero attached hydrogens (tertiary/aromatic N) is 4. The first-order valence-corrected chi connectivity index (χ1v) is 7.74. The molecule has 0 radical (unpaired) electrons. The number of rotatable bonds is 3. The fourth-order valence-electron chi connectivity index (χ4n) is 2.72. The average molecular weight is 320 g/mol. The van der Waals surface area contributed by atoms with E-state index in [1.54, 1.807) is 23.6 Å². The maximum Gasteiger partial charge on any atom is 0.257 e. The van der Waals surface area contributed by atoms with Crippen molar-refractivity contribution in [3.05, 3.63) is 66.0 Å². The van der Waals surface area contributed by atoms with E-state index < -0.39 is 0 Å². The zero-order valence-electron chi connectivity index (χ0n) is 12.9. The third kappa shape index (κ3) is 2.83. The van der Waals surface area contributed by atoms with Crippen LogP contribution in [-0.2, 0) is 13.0 Å². The van der Waals surface area contributed by atoms with Gasteiger partial charge in [0.05, 0.1) is 29.8 Å². The van der Waals surface area contributed by atoms with Crippen molar-refractivity contribution in [3.8, 4) is 0 Å². The number of imidazole rings is 1. The van der Waals surface area contributed by atoms with Gasteiger partial charge < -0.3 is 15.2 Å². The van der Waals surface area contributed by atoms with Gasteiger partial charge in [-0.05, 0) is 12.1 Å². The Morgan fingerprint density at radius 2 is 1.92 bits per heavy atom. The van der Waals surface area contributed by atoms with E-state index in [1.165, 1.54) is 0 Å². The Bertz CT molecular complexity index is 843. The van der Waals surface area contributed by atoms with Crippen LogP contribution in [0.2, 0.25) is 0 Å². The Balaban J connectivity index is 1.46. The highest BCUT2D eigenvalue weighted by atomic mass is 16.2. The summed E-state index contributed by atoms with van der Waals surface area (Å²) in [7, 11) is 0. The Labute approximate surface area is 138 Å². The van der Waals surface area contributed by atoms with E-state index in [0.29, 0.717) is 24.6 Å². The molecule has 1 aromatic carbocycles. The Kier molecular flexibility index (Phi) is 3.66. The van der Waals surface area contributed by atoms with Gasteiger partial charge in [0.15, 0.2) is 0 Å². The van der Waals surface area contributed by atoms with Crippen LogP contribution in [0.3, 0.4) is 0 Å². The summed E-state index contributed by atoms with van der Waals surface area (Å²) in [6.45, 7) is 1.19. The van der Waals surface area contributed by atoms with Crippen molar-refractivity contribution in [3.63, 3.8) is 0 Å². The largest absolute Gasteiger partial charge is 0.347 e. The van der Waals surface area contributed by atoms with Gasteiger partial charge >= 0.3 is 0 Å². The normalized spacial score (nSPS) is 13.4. The number of aromatic amines is 1. The van der Waals surface area contributed by atoms with Crippen molar-refractivity contribution in [2.24, 2.45) is 0 Å². The molecular formula is C17H16N6O. The Morgan fingerprint density at radius 3 is 2.71 bits per heavy atom. The number of anilines is 2. The molecule has 1 amide bonds. The number of hydrogen-bond donors (Lipinski definition) is 2. The third-order valence-corrected chi connectivity index (χ3v) is 3.99. The summed E-state index contributed by atoms with van der Waals surface area (Å²) in [4.78, 5) is 30.2. The number of amides is 1. The first kappa shape index (κ1) is 14.4. The zero-order valence-corrected chi connectivity index (χ0v) is 12.9. The van der Waals surface area contributed by atoms with E-state index in [9.17, 15) is 4.79 Å². The van der Waals surface area contributed by atoms with Gasteiger partial charge in [-0.1, -0.05) is 18.2 Å². The van der Waals surface area contributed by atoms with Gasteiger partial charge in [-0.2, -0.15) is 0 Å². The molecule has 3 aromatic rings. The second-order valence-electron chi connectivity index (χ2n) is 5.59. The summed E-state index contributed by atoms with van der Waals surface area (Å²) in [6.07, 6.45) is 5.55. The Hall–Kier alpha value is -3.22. The van der Waals surface area contributed by atoms with Gasteiger partial charge in [-0.15, -0.1) is 0 Å². The molecule has 7 nitrogen and oxygen atoms in total. The summed E-state index contributed by atoms with van der Waals surface area (Å²) in [5.41, 5.74) is 3.42. The van der Waals surface area contributed by atoms with Crippen LogP contribution in [0.5, 0.6) is 0 Å². The van der Waals surface area contributed by atoms with Crippen molar-refractivity contribution in [1.29, 1.82) is 0 Å². The van der Waals surface area contributed by atoms with E-state index in [1.807, 2.05) is 30.3 Å². The number of fused-ring (bicyclic) bond motifs is 1. The number of nitrogens with one attached hydrogen (secondary N) is 2. The molecule has 0 bridgehead atoms. The first-order chi connectivity index (χ1) is 11.8. The molecule has 0 saturated carbocycles. The minimum atomic E-state index is -0.0680. The highest BCUT2D eigenvalue weighted by Crippen LogP contribution is 2.17. The lowest BCUT2D eigenvalue weighted by molar-refractivity contribution is 0.0731. The molecule has 1 aliphatic heterocycles. The highest BCUT2D eigenvalue weighted by molar-refractivity contribution is 5.93. The van der Waals surface area contributed by atoms with E-state index in [2.05, 4.69) is 25.3 Å². The fraction of sp³-hybridized carbons (Fsp3) is 0.176. The smallest absolute Gasteiger partial charge is 0.257 e. The lowest BCUT2D eigenvalue weighted by Gasteiger charge is -2.26. The third-order valence-electron chi connectivity index (χ3n) is 3.99. The van der Waals surface area contributed by atoms with Crippen molar-refractivity contribution in [1.82, 2.24) is 24.8 Å². The predicted octanol–water partition coefficient (Wildman–Crippen LogP) is 2.14. The average Bonchev–Trinajstić information content (AvgIpc) is 3.10. The SMILES string of the molecule is O=C(c1cnc(Nc2ccccc2)nc1)N1CCc2nc[nH]c2C1. The molecule has 0 saturated heterocycles. The van der Waals surface area contributed by atoms with Crippen LogP contribution in [0.15, 0.2) is 49.1 Å². The summed E-state index contributed by atoms with van der Waals surface area (Å²) >= 11 is 0. The van der Waals surface area contributed by atoms with Gasteiger partial charge in [-0.25, -0.2) is 15.0 Å². The monoisotopic (exact) mass is 320 g/mol. The molecule has 0 fully saturated rings. The summed E-state index contributed by atoms with van der Waals surface area (Å²) in [5.74, 6) is 0.397. The molecule has 0 aliphatic carbocycles. The molecule has 24 heavy (non-hydrogen) atoms. The molecule has 0 spiro atoms. The van der Waals surface area contributed by atoms with Crippen molar-refractivity contribution >= 4 is 17.5 Å².